The van der Waals surface area contributed by atoms with Gasteiger partial charge in [0.15, 0.2) is 0 Å². The van der Waals surface area contributed by atoms with E-state index in [9.17, 15) is 14.3 Å². The van der Waals surface area contributed by atoms with Gasteiger partial charge in [-0.1, -0.05) is 30.3 Å². The van der Waals surface area contributed by atoms with Crippen LogP contribution < -0.4 is 5.56 Å². The molecule has 23 heavy (non-hydrogen) atoms. The standard InChI is InChI=1S/C18H15FN2O2/c1-2-21-16-10-13(19)8-9-14(16)20-15(18(21)23)11-17(22)12-6-4-3-5-7-12/h3-11,22H,2H2,1H3. The van der Waals surface area contributed by atoms with E-state index in [-0.39, 0.29) is 17.0 Å². The van der Waals surface area contributed by atoms with Crippen molar-refractivity contribution in [2.45, 2.75) is 13.5 Å². The number of aliphatic hydroxyl groups is 1. The van der Waals surface area contributed by atoms with Crippen molar-refractivity contribution in [3.8, 4) is 0 Å². The van der Waals surface area contributed by atoms with Gasteiger partial charge >= 0.3 is 0 Å². The topological polar surface area (TPSA) is 55.1 Å². The number of aliphatic hydroxyl groups excluding tert-OH is 1. The maximum Gasteiger partial charge on any atom is 0.277 e. The fourth-order valence-corrected chi connectivity index (χ4v) is 2.46. The fraction of sp³-hybridized carbons (Fsp3) is 0.111. The SMILES string of the molecule is CCn1c(=O)c(C=C(O)c2ccccc2)nc2ccc(F)cc21. The van der Waals surface area contributed by atoms with Crippen molar-refractivity contribution in [2.75, 3.05) is 0 Å². The molecule has 0 atom stereocenters. The number of hydrogen-bond acceptors (Lipinski definition) is 3. The summed E-state index contributed by atoms with van der Waals surface area (Å²) in [6.45, 7) is 2.19. The maximum atomic E-state index is 13.4. The highest BCUT2D eigenvalue weighted by molar-refractivity contribution is 5.79. The van der Waals surface area contributed by atoms with Gasteiger partial charge in [0.2, 0.25) is 0 Å². The van der Waals surface area contributed by atoms with E-state index < -0.39 is 5.82 Å². The summed E-state index contributed by atoms with van der Waals surface area (Å²) < 4.78 is 14.9. The van der Waals surface area contributed by atoms with E-state index in [4.69, 9.17) is 0 Å². The molecule has 0 saturated carbocycles. The Balaban J connectivity index is 2.21. The Morgan fingerprint density at radius 3 is 2.70 bits per heavy atom. The van der Waals surface area contributed by atoms with Crippen LogP contribution in [0.15, 0.2) is 53.3 Å². The summed E-state index contributed by atoms with van der Waals surface area (Å²) in [7, 11) is 0. The van der Waals surface area contributed by atoms with Crippen LogP contribution in [-0.4, -0.2) is 14.7 Å². The third kappa shape index (κ3) is 2.85. The van der Waals surface area contributed by atoms with Crippen LogP contribution in [0.3, 0.4) is 0 Å². The summed E-state index contributed by atoms with van der Waals surface area (Å²) in [5.74, 6) is -0.462. The van der Waals surface area contributed by atoms with Gasteiger partial charge in [0.05, 0.1) is 11.0 Å². The van der Waals surface area contributed by atoms with E-state index in [0.29, 0.717) is 23.1 Å². The summed E-state index contributed by atoms with van der Waals surface area (Å²) in [4.78, 5) is 16.8. The molecule has 0 unspecified atom stereocenters. The van der Waals surface area contributed by atoms with E-state index in [2.05, 4.69) is 4.98 Å². The number of aryl methyl sites for hydroxylation is 1. The maximum absolute atomic E-state index is 13.4. The van der Waals surface area contributed by atoms with Crippen LogP contribution in [0.1, 0.15) is 18.2 Å². The second kappa shape index (κ2) is 6.04. The molecule has 0 aliphatic carbocycles. The molecular weight excluding hydrogens is 295 g/mol. The first kappa shape index (κ1) is 15.0. The lowest BCUT2D eigenvalue weighted by Crippen LogP contribution is -2.23. The van der Waals surface area contributed by atoms with Crippen molar-refractivity contribution < 1.29 is 9.50 Å². The molecule has 1 N–H and O–H groups in total. The zero-order valence-electron chi connectivity index (χ0n) is 12.5. The summed E-state index contributed by atoms with van der Waals surface area (Å²) >= 11 is 0. The van der Waals surface area contributed by atoms with E-state index >= 15 is 0 Å². The van der Waals surface area contributed by atoms with Gasteiger partial charge in [0.1, 0.15) is 17.3 Å². The number of hydrogen-bond donors (Lipinski definition) is 1. The minimum atomic E-state index is -0.420. The average Bonchev–Trinajstić information content (AvgIpc) is 2.57. The number of fused-ring (bicyclic) bond motifs is 1. The van der Waals surface area contributed by atoms with Gasteiger partial charge in [-0.2, -0.15) is 0 Å². The van der Waals surface area contributed by atoms with Crippen LogP contribution in [0.4, 0.5) is 4.39 Å². The molecule has 0 fully saturated rings. The van der Waals surface area contributed by atoms with Gasteiger partial charge in [-0.15, -0.1) is 0 Å². The van der Waals surface area contributed by atoms with Crippen molar-refractivity contribution >= 4 is 22.9 Å². The number of rotatable bonds is 3. The van der Waals surface area contributed by atoms with Crippen LogP contribution in [0.5, 0.6) is 0 Å². The molecule has 0 aliphatic heterocycles. The second-order valence-corrected chi connectivity index (χ2v) is 5.08. The highest BCUT2D eigenvalue weighted by Crippen LogP contribution is 2.16. The predicted molar refractivity (Wildman–Crippen MR) is 88.6 cm³/mol. The molecule has 0 saturated heterocycles. The monoisotopic (exact) mass is 310 g/mol. The molecule has 0 spiro atoms. The van der Waals surface area contributed by atoms with Gasteiger partial charge < -0.3 is 9.67 Å². The lowest BCUT2D eigenvalue weighted by atomic mass is 10.1. The summed E-state index contributed by atoms with van der Waals surface area (Å²) in [5, 5.41) is 10.2. The third-order valence-corrected chi connectivity index (χ3v) is 3.59. The van der Waals surface area contributed by atoms with Gasteiger partial charge in [0.25, 0.3) is 5.56 Å². The molecule has 116 valence electrons. The zero-order valence-corrected chi connectivity index (χ0v) is 12.5. The van der Waals surface area contributed by atoms with Crippen molar-refractivity contribution in [3.05, 3.63) is 76.0 Å². The molecule has 0 bridgehead atoms. The lowest BCUT2D eigenvalue weighted by molar-refractivity contribution is 0.515. The molecule has 1 heterocycles. The van der Waals surface area contributed by atoms with Crippen molar-refractivity contribution in [1.29, 1.82) is 0 Å². The molecule has 5 heteroatoms. The number of aromatic nitrogens is 2. The Hall–Kier alpha value is -2.95. The van der Waals surface area contributed by atoms with E-state index in [0.717, 1.165) is 0 Å². The first-order valence-corrected chi connectivity index (χ1v) is 7.26. The number of nitrogens with zero attached hydrogens (tertiary/aromatic N) is 2. The predicted octanol–water partition coefficient (Wildman–Crippen LogP) is 3.61. The van der Waals surface area contributed by atoms with Crippen molar-refractivity contribution in [1.82, 2.24) is 9.55 Å². The Morgan fingerprint density at radius 2 is 2.00 bits per heavy atom. The largest absolute Gasteiger partial charge is 0.507 e. The van der Waals surface area contributed by atoms with Crippen LogP contribution in [-0.2, 0) is 6.54 Å². The van der Waals surface area contributed by atoms with Crippen LogP contribution in [0, 0.1) is 5.82 Å². The zero-order chi connectivity index (χ0) is 16.4. The highest BCUT2D eigenvalue weighted by Gasteiger charge is 2.10. The molecular formula is C18H15FN2O2. The minimum Gasteiger partial charge on any atom is -0.507 e. The normalized spacial score (nSPS) is 11.8. The van der Waals surface area contributed by atoms with E-state index in [1.54, 1.807) is 31.2 Å². The van der Waals surface area contributed by atoms with E-state index in [1.807, 2.05) is 6.07 Å². The Kier molecular flexibility index (Phi) is 3.93. The van der Waals surface area contributed by atoms with Crippen molar-refractivity contribution in [2.24, 2.45) is 0 Å². The molecule has 1 aromatic heterocycles. The summed E-state index contributed by atoms with van der Waals surface area (Å²) in [6.07, 6.45) is 1.34. The Labute approximate surface area is 132 Å². The molecule has 4 nitrogen and oxygen atoms in total. The molecule has 3 aromatic rings. The van der Waals surface area contributed by atoms with Crippen LogP contribution in [0.25, 0.3) is 22.9 Å². The lowest BCUT2D eigenvalue weighted by Gasteiger charge is -2.09. The molecule has 2 aromatic carbocycles. The van der Waals surface area contributed by atoms with Gasteiger partial charge in [0, 0.05) is 18.2 Å². The van der Waals surface area contributed by atoms with Gasteiger partial charge in [-0.05, 0) is 25.1 Å². The molecule has 0 aliphatic rings. The fourth-order valence-electron chi connectivity index (χ4n) is 2.46. The average molecular weight is 310 g/mol. The first-order valence-electron chi connectivity index (χ1n) is 7.26. The minimum absolute atomic E-state index is 0.0423. The Morgan fingerprint density at radius 1 is 1.26 bits per heavy atom. The molecule has 0 radical (unpaired) electrons. The van der Waals surface area contributed by atoms with Crippen molar-refractivity contribution in [3.63, 3.8) is 0 Å². The third-order valence-electron chi connectivity index (χ3n) is 3.59. The van der Waals surface area contributed by atoms with Crippen LogP contribution in [0.2, 0.25) is 0 Å². The summed E-state index contributed by atoms with van der Waals surface area (Å²) in [6, 6.07) is 13.0. The van der Waals surface area contributed by atoms with Crippen LogP contribution >= 0.6 is 0 Å². The van der Waals surface area contributed by atoms with Gasteiger partial charge in [-0.3, -0.25) is 4.79 Å². The molecule has 3 rings (SSSR count). The summed E-state index contributed by atoms with van der Waals surface area (Å²) in [5.41, 5.74) is 1.28. The first-order chi connectivity index (χ1) is 11.1. The smallest absolute Gasteiger partial charge is 0.277 e. The second-order valence-electron chi connectivity index (χ2n) is 5.08. The quantitative estimate of drug-likeness (QED) is 0.752. The molecule has 0 amide bonds. The highest BCUT2D eigenvalue weighted by atomic mass is 19.1. The number of halogens is 1. The Bertz CT molecular complexity index is 946. The van der Waals surface area contributed by atoms with E-state index in [1.165, 1.54) is 28.8 Å². The number of benzene rings is 2. The van der Waals surface area contributed by atoms with Gasteiger partial charge in [-0.25, -0.2) is 9.37 Å².